The van der Waals surface area contributed by atoms with Crippen molar-refractivity contribution >= 4 is 35.0 Å². The molecule has 1 aromatic heterocycles. The highest BCUT2D eigenvalue weighted by Crippen LogP contribution is 2.41. The number of furan rings is 1. The monoisotopic (exact) mass is 540 g/mol. The highest BCUT2D eigenvalue weighted by molar-refractivity contribution is 8.03. The van der Waals surface area contributed by atoms with Gasteiger partial charge in [-0.1, -0.05) is 62.0 Å². The van der Waals surface area contributed by atoms with E-state index in [1.54, 1.807) is 25.1 Å². The summed E-state index contributed by atoms with van der Waals surface area (Å²) in [6, 6.07) is 21.1. The molecule has 0 aliphatic carbocycles. The van der Waals surface area contributed by atoms with E-state index in [1.165, 1.54) is 11.8 Å². The molecule has 8 heteroatoms. The van der Waals surface area contributed by atoms with Gasteiger partial charge in [-0.05, 0) is 62.1 Å². The van der Waals surface area contributed by atoms with Crippen LogP contribution >= 0.6 is 11.8 Å². The molecule has 0 spiro atoms. The molecular weight excluding hydrogens is 508 g/mol. The van der Waals surface area contributed by atoms with E-state index in [2.05, 4.69) is 35.9 Å². The number of anilines is 2. The van der Waals surface area contributed by atoms with Gasteiger partial charge in [-0.15, -0.1) is 0 Å². The Hall–Kier alpha value is -4.22. The van der Waals surface area contributed by atoms with Gasteiger partial charge in [0.1, 0.15) is 11.5 Å². The number of aryl methyl sites for hydroxylation is 3. The summed E-state index contributed by atoms with van der Waals surface area (Å²) in [5.74, 6) is 0.0557. The quantitative estimate of drug-likeness (QED) is 0.289. The Labute approximate surface area is 233 Å². The number of benzene rings is 2. The first-order valence-corrected chi connectivity index (χ1v) is 13.9. The van der Waals surface area contributed by atoms with Crippen LogP contribution in [-0.2, 0) is 22.4 Å². The lowest BCUT2D eigenvalue weighted by Gasteiger charge is -2.28. The molecule has 2 amide bonds. The van der Waals surface area contributed by atoms with Crippen LogP contribution in [0.5, 0.6) is 0 Å². The van der Waals surface area contributed by atoms with Crippen molar-refractivity contribution < 1.29 is 14.0 Å². The number of nitrogens with one attached hydrogen (secondary N) is 3. The SMILES string of the molecule is CCc1cccc(CC)c1NC(=O)CSC1=C(C#N)[C@H](c2ccc(C)o2)C(C(=O)Nc2ccccc2)=C(C)N1. The minimum Gasteiger partial charge on any atom is -0.465 e. The maximum atomic E-state index is 13.5. The van der Waals surface area contributed by atoms with Gasteiger partial charge < -0.3 is 20.4 Å². The minimum atomic E-state index is -0.716. The molecule has 39 heavy (non-hydrogen) atoms. The summed E-state index contributed by atoms with van der Waals surface area (Å²) in [7, 11) is 0. The molecule has 2 aromatic carbocycles. The topological polar surface area (TPSA) is 107 Å². The molecule has 0 unspecified atom stereocenters. The lowest BCUT2D eigenvalue weighted by molar-refractivity contribution is -0.114. The van der Waals surface area contributed by atoms with Crippen LogP contribution in [0.4, 0.5) is 11.4 Å². The molecule has 3 aromatic rings. The maximum absolute atomic E-state index is 13.5. The number of para-hydroxylation sites is 2. The normalized spacial score (nSPS) is 15.0. The Morgan fingerprint density at radius 2 is 1.67 bits per heavy atom. The number of dihydropyridines is 1. The van der Waals surface area contributed by atoms with Crippen LogP contribution in [-0.4, -0.2) is 17.6 Å². The maximum Gasteiger partial charge on any atom is 0.254 e. The molecule has 3 N–H and O–H groups in total. The van der Waals surface area contributed by atoms with Crippen molar-refractivity contribution in [3.63, 3.8) is 0 Å². The van der Waals surface area contributed by atoms with Crippen molar-refractivity contribution in [1.29, 1.82) is 5.26 Å². The van der Waals surface area contributed by atoms with Crippen LogP contribution in [0, 0.1) is 18.3 Å². The van der Waals surface area contributed by atoms with Crippen molar-refractivity contribution in [3.8, 4) is 6.07 Å². The molecule has 0 saturated carbocycles. The van der Waals surface area contributed by atoms with E-state index in [-0.39, 0.29) is 17.6 Å². The fourth-order valence-electron chi connectivity index (χ4n) is 4.66. The van der Waals surface area contributed by atoms with E-state index in [0.717, 1.165) is 29.7 Å². The van der Waals surface area contributed by atoms with Gasteiger partial charge in [-0.25, -0.2) is 0 Å². The predicted molar refractivity (Wildman–Crippen MR) is 156 cm³/mol. The average Bonchev–Trinajstić information content (AvgIpc) is 3.37. The summed E-state index contributed by atoms with van der Waals surface area (Å²) in [6.45, 7) is 7.74. The van der Waals surface area contributed by atoms with Crippen molar-refractivity contribution in [1.82, 2.24) is 5.32 Å². The average molecular weight is 541 g/mol. The van der Waals surface area contributed by atoms with E-state index in [0.29, 0.717) is 39.1 Å². The molecule has 1 aliphatic heterocycles. The second-order valence-electron chi connectivity index (χ2n) is 9.22. The summed E-state index contributed by atoms with van der Waals surface area (Å²) in [5.41, 5.74) is 4.99. The van der Waals surface area contributed by atoms with Crippen LogP contribution in [0.1, 0.15) is 49.3 Å². The Balaban J connectivity index is 1.61. The predicted octanol–water partition coefficient (Wildman–Crippen LogP) is 6.42. The largest absolute Gasteiger partial charge is 0.465 e. The number of hydrogen-bond donors (Lipinski definition) is 3. The smallest absolute Gasteiger partial charge is 0.254 e. The van der Waals surface area contributed by atoms with Gasteiger partial charge in [-0.2, -0.15) is 5.26 Å². The van der Waals surface area contributed by atoms with Crippen LogP contribution in [0.25, 0.3) is 0 Å². The van der Waals surface area contributed by atoms with E-state index in [1.807, 2.05) is 49.4 Å². The standard InChI is InChI=1S/C31H32N4O3S/c1-5-21-11-10-12-22(6-2)29(21)35-26(36)18-39-31-24(17-32)28(25-16-15-19(3)38-25)27(20(4)33-31)30(37)34-23-13-8-7-9-14-23/h7-16,28,33H,5-6,18H2,1-4H3,(H,34,37)(H,35,36)/t28-/m1/s1. The molecular formula is C31H32N4O3S. The number of nitriles is 1. The summed E-state index contributed by atoms with van der Waals surface area (Å²) < 4.78 is 5.92. The Bertz CT molecular complexity index is 1460. The number of hydrogen-bond acceptors (Lipinski definition) is 6. The third-order valence-corrected chi connectivity index (χ3v) is 7.60. The van der Waals surface area contributed by atoms with Crippen LogP contribution in [0.15, 0.2) is 87.0 Å². The Kier molecular flexibility index (Phi) is 8.95. The van der Waals surface area contributed by atoms with Crippen molar-refractivity contribution in [2.45, 2.75) is 46.5 Å². The first-order chi connectivity index (χ1) is 18.9. The summed E-state index contributed by atoms with van der Waals surface area (Å²) >= 11 is 1.24. The van der Waals surface area contributed by atoms with E-state index in [9.17, 15) is 14.9 Å². The highest BCUT2D eigenvalue weighted by Gasteiger charge is 2.36. The van der Waals surface area contributed by atoms with E-state index < -0.39 is 5.92 Å². The number of thioether (sulfide) groups is 1. The Morgan fingerprint density at radius 1 is 0.974 bits per heavy atom. The lowest BCUT2D eigenvalue weighted by Crippen LogP contribution is -2.31. The van der Waals surface area contributed by atoms with Gasteiger partial charge in [0.05, 0.1) is 33.9 Å². The third-order valence-electron chi connectivity index (χ3n) is 6.58. The Morgan fingerprint density at radius 3 is 2.26 bits per heavy atom. The fourth-order valence-corrected chi connectivity index (χ4v) is 5.55. The van der Waals surface area contributed by atoms with Crippen LogP contribution < -0.4 is 16.0 Å². The van der Waals surface area contributed by atoms with Crippen LogP contribution in [0.2, 0.25) is 0 Å². The zero-order valence-electron chi connectivity index (χ0n) is 22.6. The zero-order chi connectivity index (χ0) is 27.9. The molecule has 7 nitrogen and oxygen atoms in total. The number of amides is 2. The second-order valence-corrected chi connectivity index (χ2v) is 10.2. The molecule has 4 rings (SSSR count). The van der Waals surface area contributed by atoms with Gasteiger partial charge in [0.2, 0.25) is 5.91 Å². The molecule has 0 saturated heterocycles. The molecule has 2 heterocycles. The third kappa shape index (κ3) is 6.27. The van der Waals surface area contributed by atoms with E-state index >= 15 is 0 Å². The summed E-state index contributed by atoms with van der Waals surface area (Å²) in [5, 5.41) is 20.0. The highest BCUT2D eigenvalue weighted by atomic mass is 32.2. The summed E-state index contributed by atoms with van der Waals surface area (Å²) in [6.07, 6.45) is 1.62. The van der Waals surface area contributed by atoms with Gasteiger partial charge in [0.15, 0.2) is 0 Å². The number of rotatable bonds is 9. The number of nitrogens with zero attached hydrogens (tertiary/aromatic N) is 1. The van der Waals surface area contributed by atoms with Gasteiger partial charge >= 0.3 is 0 Å². The minimum absolute atomic E-state index is 0.0947. The zero-order valence-corrected chi connectivity index (χ0v) is 23.4. The van der Waals surface area contributed by atoms with E-state index in [4.69, 9.17) is 4.42 Å². The van der Waals surface area contributed by atoms with Gasteiger partial charge in [-0.3, -0.25) is 9.59 Å². The molecule has 0 fully saturated rings. The second kappa shape index (κ2) is 12.5. The molecule has 200 valence electrons. The van der Waals surface area contributed by atoms with Gasteiger partial charge in [0, 0.05) is 17.1 Å². The van der Waals surface area contributed by atoms with Crippen molar-refractivity contribution in [2.24, 2.45) is 0 Å². The first kappa shape index (κ1) is 27.8. The lowest BCUT2D eigenvalue weighted by atomic mass is 9.85. The molecule has 1 aliphatic rings. The number of carbonyl (C=O) groups is 2. The fraction of sp³-hybridized carbons (Fsp3) is 0.258. The first-order valence-electron chi connectivity index (χ1n) is 12.9. The van der Waals surface area contributed by atoms with Gasteiger partial charge in [0.25, 0.3) is 5.91 Å². The van der Waals surface area contributed by atoms with Crippen LogP contribution in [0.3, 0.4) is 0 Å². The number of carbonyl (C=O) groups excluding carboxylic acids is 2. The van der Waals surface area contributed by atoms with Crippen molar-refractivity contribution in [2.75, 3.05) is 16.4 Å². The molecule has 1 atom stereocenters. The molecule has 0 radical (unpaired) electrons. The molecule has 0 bridgehead atoms. The summed E-state index contributed by atoms with van der Waals surface area (Å²) in [4.78, 5) is 26.5. The number of allylic oxidation sites excluding steroid dienone is 2. The van der Waals surface area contributed by atoms with Crippen molar-refractivity contribution in [3.05, 3.63) is 105 Å².